The molecule has 78 valence electrons. The molecular weight excluding hydrogens is 190 g/mol. The molecule has 0 bridgehead atoms. The normalized spacial score (nSPS) is 10.6. The van der Waals surface area contributed by atoms with Gasteiger partial charge in [-0.1, -0.05) is 0 Å². The highest BCUT2D eigenvalue weighted by molar-refractivity contribution is 5.82. The molecule has 0 aliphatic rings. The lowest BCUT2D eigenvalue weighted by molar-refractivity contribution is 0.415. The molecule has 0 amide bonds. The Kier molecular flexibility index (Phi) is 2.51. The third kappa shape index (κ3) is 1.76. The van der Waals surface area contributed by atoms with Crippen LogP contribution >= 0.6 is 0 Å². The van der Waals surface area contributed by atoms with Gasteiger partial charge in [-0.2, -0.15) is 0 Å². The summed E-state index contributed by atoms with van der Waals surface area (Å²) in [6, 6.07) is 5.72. The first kappa shape index (κ1) is 9.86. The van der Waals surface area contributed by atoms with Gasteiger partial charge in [-0.15, -0.1) is 0 Å². The van der Waals surface area contributed by atoms with Gasteiger partial charge in [0.15, 0.2) is 0 Å². The van der Waals surface area contributed by atoms with Crippen LogP contribution in [0.15, 0.2) is 18.2 Å². The molecule has 0 saturated heterocycles. The van der Waals surface area contributed by atoms with Crippen molar-refractivity contribution in [2.75, 3.05) is 7.11 Å². The minimum absolute atomic E-state index is 0.423. The molecule has 1 aromatic heterocycles. The molecule has 1 aromatic carbocycles. The molecule has 0 spiro atoms. The first-order valence-electron chi connectivity index (χ1n) is 4.76. The SMILES string of the molecule is COc1ccc2c(CN)nc(C)nc2c1. The second-order valence-electron chi connectivity index (χ2n) is 3.30. The van der Waals surface area contributed by atoms with Gasteiger partial charge in [0, 0.05) is 18.0 Å². The van der Waals surface area contributed by atoms with Gasteiger partial charge < -0.3 is 10.5 Å². The molecule has 0 aliphatic heterocycles. The third-order valence-corrected chi connectivity index (χ3v) is 2.29. The number of aryl methyl sites for hydroxylation is 1. The van der Waals surface area contributed by atoms with Crippen LogP contribution in [0.3, 0.4) is 0 Å². The first-order chi connectivity index (χ1) is 7.24. The molecule has 4 nitrogen and oxygen atoms in total. The number of nitrogens with two attached hydrogens (primary N) is 1. The van der Waals surface area contributed by atoms with E-state index in [1.807, 2.05) is 25.1 Å². The standard InChI is InChI=1S/C11H13N3O/c1-7-13-10-5-8(15-2)3-4-9(10)11(6-12)14-7/h3-5H,6,12H2,1-2H3. The summed E-state index contributed by atoms with van der Waals surface area (Å²) < 4.78 is 5.14. The quantitative estimate of drug-likeness (QED) is 0.801. The van der Waals surface area contributed by atoms with Gasteiger partial charge in [-0.3, -0.25) is 0 Å². The predicted molar refractivity (Wildman–Crippen MR) is 58.7 cm³/mol. The van der Waals surface area contributed by atoms with E-state index in [1.54, 1.807) is 7.11 Å². The zero-order valence-electron chi connectivity index (χ0n) is 8.82. The molecule has 2 N–H and O–H groups in total. The molecule has 1 heterocycles. The summed E-state index contributed by atoms with van der Waals surface area (Å²) in [6.07, 6.45) is 0. The summed E-state index contributed by atoms with van der Waals surface area (Å²) in [7, 11) is 1.64. The van der Waals surface area contributed by atoms with Crippen LogP contribution in [-0.2, 0) is 6.54 Å². The van der Waals surface area contributed by atoms with Crippen molar-refractivity contribution in [1.29, 1.82) is 0 Å². The number of aromatic nitrogens is 2. The Balaban J connectivity index is 2.72. The highest BCUT2D eigenvalue weighted by Crippen LogP contribution is 2.21. The number of nitrogens with zero attached hydrogens (tertiary/aromatic N) is 2. The molecule has 0 radical (unpaired) electrons. The summed E-state index contributed by atoms with van der Waals surface area (Å²) in [4.78, 5) is 8.64. The number of ether oxygens (including phenoxy) is 1. The van der Waals surface area contributed by atoms with Crippen molar-refractivity contribution in [1.82, 2.24) is 9.97 Å². The molecule has 0 saturated carbocycles. The lowest BCUT2D eigenvalue weighted by Crippen LogP contribution is -2.03. The molecular formula is C11H13N3O. The Hall–Kier alpha value is -1.68. The van der Waals surface area contributed by atoms with Gasteiger partial charge in [0.05, 0.1) is 18.3 Å². The van der Waals surface area contributed by atoms with Gasteiger partial charge in [-0.05, 0) is 19.1 Å². The summed E-state index contributed by atoms with van der Waals surface area (Å²) in [6.45, 7) is 2.28. The lowest BCUT2D eigenvalue weighted by atomic mass is 10.1. The van der Waals surface area contributed by atoms with Crippen LogP contribution in [0.5, 0.6) is 5.75 Å². The van der Waals surface area contributed by atoms with E-state index in [0.29, 0.717) is 6.54 Å². The molecule has 2 aromatic rings. The molecule has 0 aliphatic carbocycles. The van der Waals surface area contributed by atoms with Crippen LogP contribution in [0.1, 0.15) is 11.5 Å². The molecule has 2 rings (SSSR count). The fourth-order valence-corrected chi connectivity index (χ4v) is 1.59. The van der Waals surface area contributed by atoms with Crippen molar-refractivity contribution >= 4 is 10.9 Å². The van der Waals surface area contributed by atoms with E-state index in [2.05, 4.69) is 9.97 Å². The molecule has 4 heteroatoms. The van der Waals surface area contributed by atoms with E-state index >= 15 is 0 Å². The summed E-state index contributed by atoms with van der Waals surface area (Å²) >= 11 is 0. The van der Waals surface area contributed by atoms with Crippen molar-refractivity contribution in [3.05, 3.63) is 29.7 Å². The maximum absolute atomic E-state index is 5.63. The number of hydrogen-bond donors (Lipinski definition) is 1. The van der Waals surface area contributed by atoms with Crippen LogP contribution in [-0.4, -0.2) is 17.1 Å². The molecule has 15 heavy (non-hydrogen) atoms. The van der Waals surface area contributed by atoms with Crippen molar-refractivity contribution < 1.29 is 4.74 Å². The Morgan fingerprint density at radius 1 is 1.33 bits per heavy atom. The average Bonchev–Trinajstić information content (AvgIpc) is 2.26. The maximum Gasteiger partial charge on any atom is 0.126 e. The van der Waals surface area contributed by atoms with Crippen LogP contribution in [0.2, 0.25) is 0 Å². The average molecular weight is 203 g/mol. The van der Waals surface area contributed by atoms with E-state index in [1.165, 1.54) is 0 Å². The number of methoxy groups -OCH3 is 1. The van der Waals surface area contributed by atoms with Crippen LogP contribution in [0.25, 0.3) is 10.9 Å². The van der Waals surface area contributed by atoms with Crippen LogP contribution in [0.4, 0.5) is 0 Å². The zero-order chi connectivity index (χ0) is 10.8. The molecule has 0 unspecified atom stereocenters. The highest BCUT2D eigenvalue weighted by Gasteiger charge is 2.05. The van der Waals surface area contributed by atoms with Crippen molar-refractivity contribution in [2.45, 2.75) is 13.5 Å². The summed E-state index contributed by atoms with van der Waals surface area (Å²) in [5.41, 5.74) is 7.39. The Bertz CT molecular complexity index is 496. The van der Waals surface area contributed by atoms with Gasteiger partial charge in [-0.25, -0.2) is 9.97 Å². The Morgan fingerprint density at radius 3 is 2.80 bits per heavy atom. The van der Waals surface area contributed by atoms with E-state index in [4.69, 9.17) is 10.5 Å². The number of hydrogen-bond acceptors (Lipinski definition) is 4. The second kappa shape index (κ2) is 3.82. The Morgan fingerprint density at radius 2 is 2.13 bits per heavy atom. The van der Waals surface area contributed by atoms with Gasteiger partial charge in [0.25, 0.3) is 0 Å². The largest absolute Gasteiger partial charge is 0.497 e. The van der Waals surface area contributed by atoms with E-state index in [9.17, 15) is 0 Å². The van der Waals surface area contributed by atoms with E-state index in [0.717, 1.165) is 28.2 Å². The Labute approximate surface area is 88.1 Å². The topological polar surface area (TPSA) is 61.0 Å². The fourth-order valence-electron chi connectivity index (χ4n) is 1.59. The number of rotatable bonds is 2. The minimum Gasteiger partial charge on any atom is -0.497 e. The molecule has 0 fully saturated rings. The summed E-state index contributed by atoms with van der Waals surface area (Å²) in [5, 5.41) is 0.990. The number of benzene rings is 1. The van der Waals surface area contributed by atoms with Gasteiger partial charge in [0.2, 0.25) is 0 Å². The number of fused-ring (bicyclic) bond motifs is 1. The monoisotopic (exact) mass is 203 g/mol. The van der Waals surface area contributed by atoms with Crippen LogP contribution < -0.4 is 10.5 Å². The minimum atomic E-state index is 0.423. The summed E-state index contributed by atoms with van der Waals surface area (Å²) in [5.74, 6) is 1.53. The third-order valence-electron chi connectivity index (χ3n) is 2.29. The second-order valence-corrected chi connectivity index (χ2v) is 3.30. The lowest BCUT2D eigenvalue weighted by Gasteiger charge is -2.06. The van der Waals surface area contributed by atoms with Crippen molar-refractivity contribution in [3.8, 4) is 5.75 Å². The van der Waals surface area contributed by atoms with Crippen LogP contribution in [0, 0.1) is 6.92 Å². The smallest absolute Gasteiger partial charge is 0.126 e. The zero-order valence-corrected chi connectivity index (χ0v) is 8.82. The van der Waals surface area contributed by atoms with Gasteiger partial charge >= 0.3 is 0 Å². The van der Waals surface area contributed by atoms with E-state index < -0.39 is 0 Å². The maximum atomic E-state index is 5.63. The fraction of sp³-hybridized carbons (Fsp3) is 0.273. The van der Waals surface area contributed by atoms with Gasteiger partial charge in [0.1, 0.15) is 11.6 Å². The predicted octanol–water partition coefficient (Wildman–Crippen LogP) is 1.41. The highest BCUT2D eigenvalue weighted by atomic mass is 16.5. The first-order valence-corrected chi connectivity index (χ1v) is 4.76. The van der Waals surface area contributed by atoms with Crippen molar-refractivity contribution in [3.63, 3.8) is 0 Å². The van der Waals surface area contributed by atoms with Crippen molar-refractivity contribution in [2.24, 2.45) is 5.73 Å². The molecule has 0 atom stereocenters. The van der Waals surface area contributed by atoms with E-state index in [-0.39, 0.29) is 0 Å².